The zero-order chi connectivity index (χ0) is 18.8. The first-order valence-electron chi connectivity index (χ1n) is 8.86. The van der Waals surface area contributed by atoms with Crippen LogP contribution in [0.2, 0.25) is 0 Å². The zero-order valence-electron chi connectivity index (χ0n) is 14.9. The summed E-state index contributed by atoms with van der Waals surface area (Å²) in [6, 6.07) is 3.74. The molecular weight excluding hydrogens is 398 g/mol. The number of carbonyl (C=O) groups excluding carboxylic acids is 2. The summed E-state index contributed by atoms with van der Waals surface area (Å²) in [4.78, 5) is 36.7. The number of Topliss-reactive ketones (excluding diaryl/α,β-unsaturated/α-hetero) is 1. The van der Waals surface area contributed by atoms with Gasteiger partial charge in [-0.3, -0.25) is 9.59 Å². The SMILES string of the molecule is CC(=O)NCc1ccc(C(=O)CSc2ncnc3sc4c(c23)CCCC4)s1. The molecule has 0 saturated carbocycles. The molecule has 0 fully saturated rings. The predicted octanol–water partition coefficient (Wildman–Crippen LogP) is 4.24. The summed E-state index contributed by atoms with van der Waals surface area (Å²) in [6.07, 6.45) is 6.28. The Morgan fingerprint density at radius 3 is 2.89 bits per heavy atom. The first-order chi connectivity index (χ1) is 13.1. The third-order valence-corrected chi connectivity index (χ3v) is 7.82. The van der Waals surface area contributed by atoms with E-state index in [1.807, 2.05) is 12.1 Å². The van der Waals surface area contributed by atoms with Crippen molar-refractivity contribution in [2.45, 2.75) is 44.2 Å². The minimum Gasteiger partial charge on any atom is -0.351 e. The Morgan fingerprint density at radius 1 is 1.19 bits per heavy atom. The van der Waals surface area contributed by atoms with Crippen molar-refractivity contribution in [3.63, 3.8) is 0 Å². The third-order valence-electron chi connectivity index (χ3n) is 4.50. The summed E-state index contributed by atoms with van der Waals surface area (Å²) >= 11 is 4.71. The van der Waals surface area contributed by atoms with Gasteiger partial charge >= 0.3 is 0 Å². The van der Waals surface area contributed by atoms with Crippen molar-refractivity contribution < 1.29 is 9.59 Å². The van der Waals surface area contributed by atoms with E-state index in [-0.39, 0.29) is 11.7 Å². The summed E-state index contributed by atoms with van der Waals surface area (Å²) < 4.78 is 0. The monoisotopic (exact) mass is 417 g/mol. The van der Waals surface area contributed by atoms with Gasteiger partial charge in [-0.1, -0.05) is 11.8 Å². The molecule has 0 saturated heterocycles. The normalized spacial score (nSPS) is 13.5. The van der Waals surface area contributed by atoms with E-state index in [1.54, 1.807) is 17.7 Å². The van der Waals surface area contributed by atoms with Crippen molar-refractivity contribution in [1.29, 1.82) is 0 Å². The lowest BCUT2D eigenvalue weighted by Crippen LogP contribution is -2.18. The zero-order valence-corrected chi connectivity index (χ0v) is 17.4. The largest absolute Gasteiger partial charge is 0.351 e. The lowest BCUT2D eigenvalue weighted by molar-refractivity contribution is -0.119. The van der Waals surface area contributed by atoms with Gasteiger partial charge in [0.25, 0.3) is 0 Å². The average Bonchev–Trinajstić information content (AvgIpc) is 3.29. The van der Waals surface area contributed by atoms with E-state index in [2.05, 4.69) is 15.3 Å². The predicted molar refractivity (Wildman–Crippen MR) is 111 cm³/mol. The summed E-state index contributed by atoms with van der Waals surface area (Å²) in [5.41, 5.74) is 1.39. The number of rotatable bonds is 6. The molecule has 1 aliphatic rings. The van der Waals surface area contributed by atoms with Gasteiger partial charge in [0.05, 0.1) is 17.2 Å². The van der Waals surface area contributed by atoms with Crippen molar-refractivity contribution in [3.05, 3.63) is 38.7 Å². The van der Waals surface area contributed by atoms with Gasteiger partial charge in [-0.2, -0.15) is 0 Å². The lowest BCUT2D eigenvalue weighted by Gasteiger charge is -2.11. The number of nitrogens with zero attached hydrogens (tertiary/aromatic N) is 2. The maximum Gasteiger partial charge on any atom is 0.217 e. The fourth-order valence-corrected chi connectivity index (χ4v) is 6.39. The van der Waals surface area contributed by atoms with Gasteiger partial charge < -0.3 is 5.32 Å². The van der Waals surface area contributed by atoms with Crippen LogP contribution < -0.4 is 5.32 Å². The minimum atomic E-state index is -0.0706. The van der Waals surface area contributed by atoms with Crippen LogP contribution in [0.5, 0.6) is 0 Å². The molecule has 0 aliphatic heterocycles. The second-order valence-corrected chi connectivity index (χ2v) is 9.67. The van der Waals surface area contributed by atoms with Crippen LogP contribution in [0.4, 0.5) is 0 Å². The Kier molecular flexibility index (Phi) is 5.56. The Labute approximate surface area is 169 Å². The van der Waals surface area contributed by atoms with Gasteiger partial charge in [0.2, 0.25) is 5.91 Å². The summed E-state index contributed by atoms with van der Waals surface area (Å²) in [7, 11) is 0. The Bertz CT molecular complexity index is 1010. The van der Waals surface area contributed by atoms with Crippen LogP contribution >= 0.6 is 34.4 Å². The molecule has 0 bridgehead atoms. The summed E-state index contributed by atoms with van der Waals surface area (Å²) in [5.74, 6) is 0.380. The molecule has 0 radical (unpaired) electrons. The van der Waals surface area contributed by atoms with Crippen LogP contribution in [0.3, 0.4) is 0 Å². The Morgan fingerprint density at radius 2 is 2.04 bits per heavy atom. The maximum atomic E-state index is 12.6. The number of amides is 1. The van der Waals surface area contributed by atoms with Gasteiger partial charge in [-0.25, -0.2) is 9.97 Å². The van der Waals surface area contributed by atoms with Gasteiger partial charge in [-0.15, -0.1) is 22.7 Å². The number of ketones is 1. The molecule has 3 aromatic heterocycles. The molecule has 140 valence electrons. The second kappa shape index (κ2) is 8.08. The van der Waals surface area contributed by atoms with Crippen molar-refractivity contribution in [1.82, 2.24) is 15.3 Å². The third kappa shape index (κ3) is 4.07. The Hall–Kier alpha value is -1.77. The first-order valence-corrected chi connectivity index (χ1v) is 11.5. The molecule has 5 nitrogen and oxygen atoms in total. The van der Waals surface area contributed by atoms with E-state index in [9.17, 15) is 9.59 Å². The minimum absolute atomic E-state index is 0.0706. The summed E-state index contributed by atoms with van der Waals surface area (Å²) in [6.45, 7) is 1.95. The standard InChI is InChI=1S/C19H19N3O2S3/c1-11(23)20-8-12-6-7-16(26-12)14(24)9-25-18-17-13-4-2-3-5-15(13)27-19(17)22-10-21-18/h6-7,10H,2-5,8-9H2,1H3,(H,20,23). The van der Waals surface area contributed by atoms with Crippen LogP contribution in [0, 0.1) is 0 Å². The highest BCUT2D eigenvalue weighted by molar-refractivity contribution is 8.00. The molecule has 0 atom stereocenters. The van der Waals surface area contributed by atoms with E-state index >= 15 is 0 Å². The number of carbonyl (C=O) groups is 2. The number of thioether (sulfide) groups is 1. The molecule has 4 rings (SSSR count). The average molecular weight is 418 g/mol. The van der Waals surface area contributed by atoms with Gasteiger partial charge in [0, 0.05) is 22.1 Å². The number of fused-ring (bicyclic) bond motifs is 3. The van der Waals surface area contributed by atoms with Crippen molar-refractivity contribution in [2.75, 3.05) is 5.75 Å². The van der Waals surface area contributed by atoms with E-state index < -0.39 is 0 Å². The fourth-order valence-electron chi connectivity index (χ4n) is 3.21. The molecule has 3 heterocycles. The molecule has 0 spiro atoms. The second-order valence-electron chi connectivity index (χ2n) is 6.46. The molecule has 1 N–H and O–H groups in total. The van der Waals surface area contributed by atoms with Crippen LogP contribution in [0.25, 0.3) is 10.2 Å². The quantitative estimate of drug-likeness (QED) is 0.369. The summed E-state index contributed by atoms with van der Waals surface area (Å²) in [5, 5.41) is 4.84. The maximum absolute atomic E-state index is 12.6. The van der Waals surface area contributed by atoms with Crippen LogP contribution in [0.15, 0.2) is 23.5 Å². The van der Waals surface area contributed by atoms with Crippen molar-refractivity contribution in [2.24, 2.45) is 0 Å². The van der Waals surface area contributed by atoms with Crippen molar-refractivity contribution >= 4 is 56.3 Å². The number of nitrogens with one attached hydrogen (secondary N) is 1. The van der Waals surface area contributed by atoms with Crippen LogP contribution in [0.1, 0.15) is 44.8 Å². The van der Waals surface area contributed by atoms with Crippen LogP contribution in [-0.2, 0) is 24.2 Å². The number of thiophene rings is 2. The molecule has 0 aromatic carbocycles. The topological polar surface area (TPSA) is 72.0 Å². The number of aromatic nitrogens is 2. The highest BCUT2D eigenvalue weighted by Gasteiger charge is 2.20. The van der Waals surface area contributed by atoms with Crippen LogP contribution in [-0.4, -0.2) is 27.4 Å². The molecule has 0 unspecified atom stereocenters. The highest BCUT2D eigenvalue weighted by atomic mass is 32.2. The molecule has 1 amide bonds. The molecule has 27 heavy (non-hydrogen) atoms. The Balaban J connectivity index is 1.48. The molecule has 8 heteroatoms. The van der Waals surface area contributed by atoms with E-state index in [0.717, 1.165) is 37.8 Å². The van der Waals surface area contributed by atoms with Gasteiger partial charge in [0.1, 0.15) is 16.2 Å². The number of aryl methyl sites for hydroxylation is 2. The number of hydrogen-bond donors (Lipinski definition) is 1. The van der Waals surface area contributed by atoms with E-state index in [1.165, 1.54) is 53.3 Å². The van der Waals surface area contributed by atoms with E-state index in [0.29, 0.717) is 12.3 Å². The van der Waals surface area contributed by atoms with Gasteiger partial charge in [-0.05, 0) is 43.4 Å². The smallest absolute Gasteiger partial charge is 0.217 e. The van der Waals surface area contributed by atoms with E-state index in [4.69, 9.17) is 0 Å². The molecule has 1 aliphatic carbocycles. The molecule has 3 aromatic rings. The number of hydrogen-bond acceptors (Lipinski definition) is 7. The fraction of sp³-hybridized carbons (Fsp3) is 0.368. The molecular formula is C19H19N3O2S3. The van der Waals surface area contributed by atoms with Crippen molar-refractivity contribution in [3.8, 4) is 0 Å². The first kappa shape index (κ1) is 18.6. The lowest BCUT2D eigenvalue weighted by atomic mass is 9.97. The van der Waals surface area contributed by atoms with Gasteiger partial charge in [0.15, 0.2) is 5.78 Å². The highest BCUT2D eigenvalue weighted by Crippen LogP contribution is 2.39.